The number of halogens is 3. The highest BCUT2D eigenvalue weighted by molar-refractivity contribution is 6.40. The quantitative estimate of drug-likeness (QED) is 0.321. The first-order valence-electron chi connectivity index (χ1n) is 12.9. The molecule has 3 unspecified atom stereocenters. The molecule has 1 saturated heterocycles. The van der Waals surface area contributed by atoms with E-state index >= 15 is 0 Å². The predicted molar refractivity (Wildman–Crippen MR) is 158 cm³/mol. The van der Waals surface area contributed by atoms with Gasteiger partial charge in [-0.05, 0) is 67.3 Å². The van der Waals surface area contributed by atoms with Crippen LogP contribution < -0.4 is 10.4 Å². The summed E-state index contributed by atoms with van der Waals surface area (Å²) < 4.78 is 1.90. The summed E-state index contributed by atoms with van der Waals surface area (Å²) in [4.78, 5) is 13.8. The van der Waals surface area contributed by atoms with E-state index in [4.69, 9.17) is 39.9 Å². The molecule has 3 aromatic carbocycles. The van der Waals surface area contributed by atoms with Crippen LogP contribution >= 0.6 is 34.8 Å². The van der Waals surface area contributed by atoms with E-state index in [0.717, 1.165) is 35.9 Å². The summed E-state index contributed by atoms with van der Waals surface area (Å²) in [5.74, 6) is -0.156. The van der Waals surface area contributed by atoms with Gasteiger partial charge in [0.25, 0.3) is 5.91 Å². The zero-order valence-electron chi connectivity index (χ0n) is 21.1. The van der Waals surface area contributed by atoms with Crippen molar-refractivity contribution in [3.63, 3.8) is 0 Å². The van der Waals surface area contributed by atoms with E-state index in [1.54, 1.807) is 17.1 Å². The van der Waals surface area contributed by atoms with Crippen LogP contribution in [0, 0.1) is 0 Å². The standard InChI is InChI=1S/C27H25BCl3N7O/c28-25-6-3-7-26(37-23-5-2-1-4-20(23)32-35-37)38(25)34-27(39)21-15-24(16-8-10-17(29)11-9-16)36(33-21)22-13-12-18(30)14-19(22)31/h1-2,4-5,8-14,24-26H,3,6-7,15,28H2,(H,34,39). The average Bonchev–Trinajstić information content (AvgIpc) is 3.56. The third-order valence-corrected chi connectivity index (χ3v) is 8.14. The first-order valence-corrected chi connectivity index (χ1v) is 14.0. The maximum absolute atomic E-state index is 13.8. The molecule has 1 amide bonds. The number of hydrazine groups is 1. The number of hydrogen-bond acceptors (Lipinski definition) is 6. The molecule has 0 bridgehead atoms. The lowest BCUT2D eigenvalue weighted by Gasteiger charge is -2.40. The molecule has 0 spiro atoms. The van der Waals surface area contributed by atoms with Crippen molar-refractivity contribution in [2.75, 3.05) is 5.01 Å². The Hall–Kier alpha value is -3.11. The Morgan fingerprint density at radius 3 is 2.54 bits per heavy atom. The third-order valence-electron chi connectivity index (χ3n) is 7.35. The first-order chi connectivity index (χ1) is 18.9. The van der Waals surface area contributed by atoms with Crippen LogP contribution in [-0.4, -0.2) is 45.4 Å². The Morgan fingerprint density at radius 2 is 1.74 bits per heavy atom. The molecule has 4 aromatic rings. The largest absolute Gasteiger partial charge is 0.282 e. The molecule has 1 fully saturated rings. The number of nitrogens with one attached hydrogen (secondary N) is 1. The minimum atomic E-state index is -0.260. The number of carbonyl (C=O) groups is 1. The summed E-state index contributed by atoms with van der Waals surface area (Å²) in [6, 6.07) is 20.4. The number of aromatic nitrogens is 3. The molecule has 39 heavy (non-hydrogen) atoms. The minimum Gasteiger partial charge on any atom is -0.282 e. The Kier molecular flexibility index (Phi) is 7.24. The summed E-state index contributed by atoms with van der Waals surface area (Å²) in [5.41, 5.74) is 6.96. The monoisotopic (exact) mass is 579 g/mol. The van der Waals surface area contributed by atoms with Gasteiger partial charge in [-0.1, -0.05) is 64.3 Å². The summed E-state index contributed by atoms with van der Waals surface area (Å²) in [6.07, 6.45) is 3.04. The van der Waals surface area contributed by atoms with E-state index in [1.807, 2.05) is 64.3 Å². The fourth-order valence-electron chi connectivity index (χ4n) is 5.36. The van der Waals surface area contributed by atoms with Crippen LogP contribution in [0.15, 0.2) is 71.8 Å². The Morgan fingerprint density at radius 1 is 0.974 bits per heavy atom. The molecule has 12 heteroatoms. The van der Waals surface area contributed by atoms with Crippen LogP contribution in [0.4, 0.5) is 5.69 Å². The highest BCUT2D eigenvalue weighted by Gasteiger charge is 2.37. The number of anilines is 1. The molecule has 2 aliphatic rings. The number of nitrogens with zero attached hydrogens (tertiary/aromatic N) is 6. The number of hydrogen-bond donors (Lipinski definition) is 1. The van der Waals surface area contributed by atoms with Gasteiger partial charge in [-0.25, -0.2) is 9.69 Å². The number of para-hydroxylation sites is 1. The smallest absolute Gasteiger partial charge is 0.281 e. The lowest BCUT2D eigenvalue weighted by atomic mass is 9.86. The number of piperidine rings is 1. The zero-order chi connectivity index (χ0) is 27.1. The van der Waals surface area contributed by atoms with Crippen molar-refractivity contribution >= 4 is 71.0 Å². The van der Waals surface area contributed by atoms with Gasteiger partial charge >= 0.3 is 0 Å². The lowest BCUT2D eigenvalue weighted by Crippen LogP contribution is -2.55. The number of carbonyl (C=O) groups excluding carboxylic acids is 1. The SMILES string of the molecule is BC1CCCC(n2nnc3ccccc32)N1NC(=O)C1=NN(c2ccc(Cl)cc2Cl)C(c2ccc(Cl)cc2)C1. The van der Waals surface area contributed by atoms with Gasteiger partial charge in [0.1, 0.15) is 25.2 Å². The molecule has 1 N–H and O–H groups in total. The second kappa shape index (κ2) is 10.8. The third kappa shape index (κ3) is 5.12. The van der Waals surface area contributed by atoms with Gasteiger partial charge in [0.15, 0.2) is 0 Å². The van der Waals surface area contributed by atoms with Gasteiger partial charge in [0, 0.05) is 22.4 Å². The highest BCUT2D eigenvalue weighted by Crippen LogP contribution is 2.40. The molecule has 6 rings (SSSR count). The summed E-state index contributed by atoms with van der Waals surface area (Å²) in [6.45, 7) is 0. The van der Waals surface area contributed by atoms with Gasteiger partial charge in [-0.3, -0.25) is 15.2 Å². The molecular formula is C27H25BCl3N7O. The van der Waals surface area contributed by atoms with Crippen molar-refractivity contribution < 1.29 is 4.79 Å². The lowest BCUT2D eigenvalue weighted by molar-refractivity contribution is -0.123. The van der Waals surface area contributed by atoms with Crippen molar-refractivity contribution in [2.45, 2.75) is 43.8 Å². The van der Waals surface area contributed by atoms with Crippen molar-refractivity contribution in [1.82, 2.24) is 25.4 Å². The Balaban J connectivity index is 1.31. The molecule has 0 saturated carbocycles. The number of rotatable bonds is 5. The topological polar surface area (TPSA) is 78.6 Å². The molecule has 3 atom stereocenters. The molecule has 0 aliphatic carbocycles. The van der Waals surface area contributed by atoms with Crippen LogP contribution in [0.5, 0.6) is 0 Å². The van der Waals surface area contributed by atoms with Crippen LogP contribution in [0.25, 0.3) is 11.0 Å². The van der Waals surface area contributed by atoms with Crippen molar-refractivity contribution in [2.24, 2.45) is 5.10 Å². The fraction of sp³-hybridized carbons (Fsp3) is 0.259. The van der Waals surface area contributed by atoms with E-state index < -0.39 is 0 Å². The van der Waals surface area contributed by atoms with Crippen molar-refractivity contribution in [3.05, 3.63) is 87.4 Å². The van der Waals surface area contributed by atoms with Gasteiger partial charge in [0.2, 0.25) is 0 Å². The van der Waals surface area contributed by atoms with E-state index in [-0.39, 0.29) is 24.1 Å². The van der Waals surface area contributed by atoms with Crippen LogP contribution in [0.2, 0.25) is 15.1 Å². The van der Waals surface area contributed by atoms with E-state index in [1.165, 1.54) is 0 Å². The number of amides is 1. The van der Waals surface area contributed by atoms with Gasteiger partial charge in [-0.2, -0.15) is 5.10 Å². The molecule has 8 nitrogen and oxygen atoms in total. The summed E-state index contributed by atoms with van der Waals surface area (Å²) in [7, 11) is 2.11. The van der Waals surface area contributed by atoms with E-state index in [0.29, 0.717) is 32.9 Å². The maximum atomic E-state index is 13.8. The van der Waals surface area contributed by atoms with Crippen LogP contribution in [0.1, 0.15) is 43.5 Å². The Labute approximate surface area is 241 Å². The van der Waals surface area contributed by atoms with Gasteiger partial charge in [0.05, 0.1) is 22.3 Å². The second-order valence-electron chi connectivity index (χ2n) is 9.89. The van der Waals surface area contributed by atoms with E-state index in [2.05, 4.69) is 23.6 Å². The second-order valence-corrected chi connectivity index (χ2v) is 11.2. The van der Waals surface area contributed by atoms with Gasteiger partial charge in [-0.15, -0.1) is 5.10 Å². The summed E-state index contributed by atoms with van der Waals surface area (Å²) >= 11 is 18.9. The Bertz CT molecular complexity index is 1560. The molecular weight excluding hydrogens is 556 g/mol. The first kappa shape index (κ1) is 26.1. The highest BCUT2D eigenvalue weighted by atomic mass is 35.5. The normalized spacial score (nSPS) is 21.8. The minimum absolute atomic E-state index is 0.103. The van der Waals surface area contributed by atoms with Crippen molar-refractivity contribution in [1.29, 1.82) is 0 Å². The molecule has 198 valence electrons. The van der Waals surface area contributed by atoms with Crippen molar-refractivity contribution in [3.8, 4) is 0 Å². The van der Waals surface area contributed by atoms with Crippen LogP contribution in [-0.2, 0) is 4.79 Å². The number of benzene rings is 3. The van der Waals surface area contributed by atoms with E-state index in [9.17, 15) is 4.79 Å². The molecule has 0 radical (unpaired) electrons. The van der Waals surface area contributed by atoms with Crippen LogP contribution in [0.3, 0.4) is 0 Å². The zero-order valence-corrected chi connectivity index (χ0v) is 23.4. The molecule has 1 aromatic heterocycles. The predicted octanol–water partition coefficient (Wildman–Crippen LogP) is 5.37. The number of fused-ring (bicyclic) bond motifs is 1. The van der Waals surface area contributed by atoms with Gasteiger partial charge < -0.3 is 0 Å². The fourth-order valence-corrected chi connectivity index (χ4v) is 5.98. The molecule has 2 aliphatic heterocycles. The summed E-state index contributed by atoms with van der Waals surface area (Å²) in [5, 5.41) is 18.9. The average molecular weight is 581 g/mol. The number of hydrazone groups is 1. The molecule has 3 heterocycles. The maximum Gasteiger partial charge on any atom is 0.281 e.